The summed E-state index contributed by atoms with van der Waals surface area (Å²) < 4.78 is 37.0. The largest absolute Gasteiger partial charge is 0.491 e. The van der Waals surface area contributed by atoms with Crippen LogP contribution < -0.4 is 4.74 Å². The molecule has 27 heavy (non-hydrogen) atoms. The van der Waals surface area contributed by atoms with E-state index in [0.29, 0.717) is 12.2 Å². The van der Waals surface area contributed by atoms with Gasteiger partial charge in [0.25, 0.3) is 5.69 Å². The van der Waals surface area contributed by atoms with Gasteiger partial charge < -0.3 is 9.47 Å². The molecule has 1 heterocycles. The van der Waals surface area contributed by atoms with E-state index in [-0.39, 0.29) is 28.3 Å². The first-order chi connectivity index (χ1) is 12.6. The second kappa shape index (κ2) is 6.94. The predicted octanol–water partition coefficient (Wildman–Crippen LogP) is 3.50. The zero-order chi connectivity index (χ0) is 19.8. The summed E-state index contributed by atoms with van der Waals surface area (Å²) in [6.45, 7) is 6.56. The normalized spacial score (nSPS) is 16.8. The topological polar surface area (TPSA) is 99.0 Å². The van der Waals surface area contributed by atoms with Gasteiger partial charge in [0.1, 0.15) is 23.4 Å². The van der Waals surface area contributed by atoms with Crippen molar-refractivity contribution < 1.29 is 22.8 Å². The van der Waals surface area contributed by atoms with E-state index in [4.69, 9.17) is 9.47 Å². The van der Waals surface area contributed by atoms with E-state index < -0.39 is 25.9 Å². The lowest BCUT2D eigenvalue weighted by Crippen LogP contribution is -2.17. The SMILES string of the molecule is CC(C)(C)c1ccccc1S(=O)(=O)c1ccc(OCC2CO2)cc1[N+](=O)[O-]. The zero-order valence-electron chi connectivity index (χ0n) is 15.3. The molecule has 1 aliphatic heterocycles. The van der Waals surface area contributed by atoms with Crippen LogP contribution in [0, 0.1) is 10.1 Å². The van der Waals surface area contributed by atoms with Gasteiger partial charge in [0.05, 0.1) is 22.5 Å². The van der Waals surface area contributed by atoms with Crippen LogP contribution in [0.25, 0.3) is 0 Å². The molecule has 0 amide bonds. The van der Waals surface area contributed by atoms with Crippen LogP contribution in [0.1, 0.15) is 26.3 Å². The molecule has 0 N–H and O–H groups in total. The highest BCUT2D eigenvalue weighted by Crippen LogP contribution is 2.37. The first-order valence-corrected chi connectivity index (χ1v) is 9.96. The highest BCUT2D eigenvalue weighted by atomic mass is 32.2. The lowest BCUT2D eigenvalue weighted by Gasteiger charge is -2.22. The van der Waals surface area contributed by atoms with Crippen molar-refractivity contribution in [1.82, 2.24) is 0 Å². The van der Waals surface area contributed by atoms with Crippen molar-refractivity contribution in [3.8, 4) is 5.75 Å². The summed E-state index contributed by atoms with van der Waals surface area (Å²) in [5, 5.41) is 11.5. The predicted molar refractivity (Wildman–Crippen MR) is 98.9 cm³/mol. The number of epoxide rings is 1. The molecule has 1 atom stereocenters. The number of nitro groups is 1. The number of rotatable bonds is 6. The van der Waals surface area contributed by atoms with Crippen LogP contribution in [0.5, 0.6) is 5.75 Å². The molecular formula is C19H21NO6S. The van der Waals surface area contributed by atoms with E-state index in [9.17, 15) is 18.5 Å². The molecule has 7 nitrogen and oxygen atoms in total. The van der Waals surface area contributed by atoms with Gasteiger partial charge in [-0.3, -0.25) is 10.1 Å². The number of hydrogen-bond acceptors (Lipinski definition) is 6. The maximum atomic E-state index is 13.2. The smallest absolute Gasteiger partial charge is 0.292 e. The van der Waals surface area contributed by atoms with Crippen molar-refractivity contribution in [3.63, 3.8) is 0 Å². The van der Waals surface area contributed by atoms with Gasteiger partial charge in [-0.2, -0.15) is 0 Å². The fourth-order valence-corrected chi connectivity index (χ4v) is 4.56. The zero-order valence-corrected chi connectivity index (χ0v) is 16.2. The second-order valence-corrected chi connectivity index (χ2v) is 9.29. The summed E-state index contributed by atoms with van der Waals surface area (Å²) in [4.78, 5) is 10.6. The Kier molecular flexibility index (Phi) is 4.96. The van der Waals surface area contributed by atoms with Crippen LogP contribution >= 0.6 is 0 Å². The molecule has 1 unspecified atom stereocenters. The summed E-state index contributed by atoms with van der Waals surface area (Å²) in [5.41, 5.74) is -0.343. The molecule has 1 fully saturated rings. The maximum absolute atomic E-state index is 13.2. The standard InChI is InChI=1S/C19H21NO6S/c1-19(2,3)15-6-4-5-7-17(15)27(23,24)18-9-8-13(10-16(18)20(21)22)25-11-14-12-26-14/h4-10,14H,11-12H2,1-3H3. The molecule has 0 saturated carbocycles. The van der Waals surface area contributed by atoms with Crippen molar-refractivity contribution >= 4 is 15.5 Å². The first kappa shape index (κ1) is 19.3. The van der Waals surface area contributed by atoms with Crippen LogP contribution in [0.4, 0.5) is 5.69 Å². The number of sulfone groups is 1. The van der Waals surface area contributed by atoms with E-state index >= 15 is 0 Å². The molecule has 0 bridgehead atoms. The number of nitrogens with zero attached hydrogens (tertiary/aromatic N) is 1. The van der Waals surface area contributed by atoms with Crippen molar-refractivity contribution in [2.45, 2.75) is 42.1 Å². The lowest BCUT2D eigenvalue weighted by atomic mass is 9.87. The van der Waals surface area contributed by atoms with Gasteiger partial charge in [-0.1, -0.05) is 39.0 Å². The van der Waals surface area contributed by atoms with Gasteiger partial charge in [0, 0.05) is 0 Å². The third kappa shape index (κ3) is 4.12. The average Bonchev–Trinajstić information content (AvgIpc) is 3.43. The molecule has 2 aromatic rings. The molecule has 0 aliphatic carbocycles. The van der Waals surface area contributed by atoms with Crippen LogP contribution in [-0.2, 0) is 20.0 Å². The Labute approximate surface area is 158 Å². The monoisotopic (exact) mass is 391 g/mol. The van der Waals surface area contributed by atoms with Crippen molar-refractivity contribution in [3.05, 3.63) is 58.1 Å². The molecule has 2 aromatic carbocycles. The molecule has 0 radical (unpaired) electrons. The Morgan fingerprint density at radius 1 is 1.19 bits per heavy atom. The van der Waals surface area contributed by atoms with E-state index in [1.54, 1.807) is 18.2 Å². The van der Waals surface area contributed by atoms with Gasteiger partial charge >= 0.3 is 0 Å². The van der Waals surface area contributed by atoms with Crippen LogP contribution in [0.2, 0.25) is 0 Å². The van der Waals surface area contributed by atoms with E-state index in [2.05, 4.69) is 0 Å². The number of nitro benzene ring substituents is 1. The van der Waals surface area contributed by atoms with Gasteiger partial charge in [-0.25, -0.2) is 8.42 Å². The third-order valence-corrected chi connectivity index (χ3v) is 6.10. The highest BCUT2D eigenvalue weighted by Gasteiger charge is 2.32. The van der Waals surface area contributed by atoms with Gasteiger partial charge in [0.2, 0.25) is 9.84 Å². The number of ether oxygens (including phenoxy) is 2. The van der Waals surface area contributed by atoms with Gasteiger partial charge in [-0.15, -0.1) is 0 Å². The Bertz CT molecular complexity index is 974. The van der Waals surface area contributed by atoms with E-state index in [1.165, 1.54) is 18.2 Å². The molecule has 3 rings (SSSR count). The summed E-state index contributed by atoms with van der Waals surface area (Å²) in [5.74, 6) is 0.236. The van der Waals surface area contributed by atoms with Crippen LogP contribution in [-0.4, -0.2) is 32.7 Å². The fraction of sp³-hybridized carbons (Fsp3) is 0.368. The van der Waals surface area contributed by atoms with E-state index in [1.807, 2.05) is 20.8 Å². The summed E-state index contributed by atoms with van der Waals surface area (Å²) in [6, 6.07) is 10.4. The van der Waals surface area contributed by atoms with Crippen molar-refractivity contribution in [2.24, 2.45) is 0 Å². The Morgan fingerprint density at radius 3 is 2.44 bits per heavy atom. The minimum atomic E-state index is -4.09. The Morgan fingerprint density at radius 2 is 1.85 bits per heavy atom. The first-order valence-electron chi connectivity index (χ1n) is 8.48. The minimum absolute atomic E-state index is 0.00821. The molecule has 8 heteroatoms. The number of hydrogen-bond donors (Lipinski definition) is 0. The molecule has 1 saturated heterocycles. The fourth-order valence-electron chi connectivity index (χ4n) is 2.75. The van der Waals surface area contributed by atoms with Crippen molar-refractivity contribution in [1.29, 1.82) is 0 Å². The summed E-state index contributed by atoms with van der Waals surface area (Å²) in [6.07, 6.45) is -0.00821. The summed E-state index contributed by atoms with van der Waals surface area (Å²) in [7, 11) is -4.09. The quantitative estimate of drug-likeness (QED) is 0.424. The molecule has 144 valence electrons. The lowest BCUT2D eigenvalue weighted by molar-refractivity contribution is -0.387. The Hall–Kier alpha value is -2.45. The van der Waals surface area contributed by atoms with Gasteiger partial charge in [0.15, 0.2) is 0 Å². The average molecular weight is 391 g/mol. The minimum Gasteiger partial charge on any atom is -0.491 e. The maximum Gasteiger partial charge on any atom is 0.292 e. The van der Waals surface area contributed by atoms with Gasteiger partial charge in [-0.05, 0) is 29.2 Å². The highest BCUT2D eigenvalue weighted by molar-refractivity contribution is 7.91. The molecular weight excluding hydrogens is 370 g/mol. The Balaban J connectivity index is 2.08. The van der Waals surface area contributed by atoms with E-state index in [0.717, 1.165) is 6.07 Å². The third-order valence-electron chi connectivity index (χ3n) is 4.24. The summed E-state index contributed by atoms with van der Waals surface area (Å²) >= 11 is 0. The van der Waals surface area contributed by atoms with Crippen molar-refractivity contribution in [2.75, 3.05) is 13.2 Å². The van der Waals surface area contributed by atoms with Crippen LogP contribution in [0.15, 0.2) is 52.3 Å². The second-order valence-electron chi connectivity index (χ2n) is 7.40. The van der Waals surface area contributed by atoms with Crippen LogP contribution in [0.3, 0.4) is 0 Å². The molecule has 1 aliphatic rings. The molecule has 0 spiro atoms. The number of benzene rings is 2. The molecule has 0 aromatic heterocycles.